The molecule has 238 valence electrons. The van der Waals surface area contributed by atoms with Crippen LogP contribution in [-0.4, -0.2) is 62.6 Å². The van der Waals surface area contributed by atoms with Gasteiger partial charge in [-0.1, -0.05) is 38.3 Å². The Labute approximate surface area is 252 Å². The summed E-state index contributed by atoms with van der Waals surface area (Å²) in [5.74, 6) is 0.444. The minimum atomic E-state index is -0.411. The molecule has 0 aromatic carbocycles. The van der Waals surface area contributed by atoms with Gasteiger partial charge in [-0.25, -0.2) is 0 Å². The van der Waals surface area contributed by atoms with Gasteiger partial charge >= 0.3 is 5.97 Å². The zero-order valence-electron chi connectivity index (χ0n) is 26.0. The molecule has 0 spiro atoms. The zero-order valence-corrected chi connectivity index (χ0v) is 26.0. The van der Waals surface area contributed by atoms with E-state index in [9.17, 15) is 14.4 Å². The van der Waals surface area contributed by atoms with E-state index in [1.165, 1.54) is 26.4 Å². The molecule has 0 N–H and O–H groups in total. The Hall–Kier alpha value is -1.61. The molecule has 2 heterocycles. The van der Waals surface area contributed by atoms with E-state index in [2.05, 4.69) is 19.1 Å². The van der Waals surface area contributed by atoms with Crippen molar-refractivity contribution >= 4 is 17.5 Å². The number of unbranched alkanes of at least 4 members (excludes halogenated alkanes) is 1. The molecule has 4 aliphatic rings. The highest BCUT2D eigenvalue weighted by molar-refractivity contribution is 5.90. The smallest absolute Gasteiger partial charge is 0.305 e. The maximum Gasteiger partial charge on any atom is 0.305 e. The first-order chi connectivity index (χ1) is 20.5. The Morgan fingerprint density at radius 1 is 0.976 bits per heavy atom. The summed E-state index contributed by atoms with van der Waals surface area (Å²) in [4.78, 5) is 37.8. The number of Topliss-reactive ketones (excluding diaryl/α,β-unsaturated/α-hetero) is 2. The molecule has 8 atom stereocenters. The summed E-state index contributed by atoms with van der Waals surface area (Å²) in [5.41, 5.74) is 0. The Balaban J connectivity index is 1.46. The molecule has 8 heteroatoms. The monoisotopic (exact) mass is 590 g/mol. The summed E-state index contributed by atoms with van der Waals surface area (Å²) in [6.07, 6.45) is 17.8. The summed E-state index contributed by atoms with van der Waals surface area (Å²) < 4.78 is 29.6. The number of ether oxygens (including phenoxy) is 5. The Morgan fingerprint density at radius 3 is 2.40 bits per heavy atom. The van der Waals surface area contributed by atoms with Gasteiger partial charge in [-0.05, 0) is 76.0 Å². The number of rotatable bonds is 16. The van der Waals surface area contributed by atoms with Crippen LogP contribution in [-0.2, 0) is 38.1 Å². The predicted octanol–water partition coefficient (Wildman–Crippen LogP) is 6.48. The first-order valence-corrected chi connectivity index (χ1v) is 16.8. The normalized spacial score (nSPS) is 32.8. The molecule has 8 nitrogen and oxygen atoms in total. The molecule has 2 saturated heterocycles. The summed E-state index contributed by atoms with van der Waals surface area (Å²) in [7, 11) is 1.37. The van der Waals surface area contributed by atoms with Crippen molar-refractivity contribution in [2.24, 2.45) is 23.7 Å². The van der Waals surface area contributed by atoms with E-state index in [0.29, 0.717) is 44.6 Å². The molecule has 4 rings (SSSR count). The van der Waals surface area contributed by atoms with E-state index in [1.54, 1.807) is 0 Å². The van der Waals surface area contributed by atoms with Crippen LogP contribution in [0, 0.1) is 23.7 Å². The summed E-state index contributed by atoms with van der Waals surface area (Å²) in [6, 6.07) is 0. The number of carbonyl (C=O) groups excluding carboxylic acids is 3. The largest absolute Gasteiger partial charge is 0.469 e. The van der Waals surface area contributed by atoms with Crippen molar-refractivity contribution < 1.29 is 38.1 Å². The van der Waals surface area contributed by atoms with Gasteiger partial charge in [-0.2, -0.15) is 0 Å². The number of hydrogen-bond acceptors (Lipinski definition) is 8. The van der Waals surface area contributed by atoms with Crippen molar-refractivity contribution in [1.29, 1.82) is 0 Å². The van der Waals surface area contributed by atoms with Crippen molar-refractivity contribution in [3.05, 3.63) is 12.2 Å². The zero-order chi connectivity index (χ0) is 29.7. The Morgan fingerprint density at radius 2 is 1.71 bits per heavy atom. The lowest BCUT2D eigenvalue weighted by Gasteiger charge is -2.31. The lowest BCUT2D eigenvalue weighted by Crippen LogP contribution is -2.32. The standard InChI is InChI=1S/C34H54O8/c1-3-10-24-15-16-25(21-24)30(41-33-13-6-8-19-39-33)18-17-27-28(22-26(35)11-4-5-12-32(37)38-2)29(36)23-31(27)42-34-14-7-9-20-40-34/h17-18,24-25,27-28,30-31,33-34H,3-16,19-23H2,1-2H3/b18-17+/t24?,25?,27-,28-,30-,31-,33?,34?/m1/s1. The van der Waals surface area contributed by atoms with Crippen molar-refractivity contribution in [2.75, 3.05) is 20.3 Å². The van der Waals surface area contributed by atoms with Crippen LogP contribution in [0.3, 0.4) is 0 Å². The minimum absolute atomic E-state index is 0.0628. The van der Waals surface area contributed by atoms with Crippen LogP contribution in [0.5, 0.6) is 0 Å². The fourth-order valence-corrected chi connectivity index (χ4v) is 7.29. The van der Waals surface area contributed by atoms with Crippen LogP contribution in [0.2, 0.25) is 0 Å². The van der Waals surface area contributed by atoms with Gasteiger partial charge in [-0.15, -0.1) is 0 Å². The van der Waals surface area contributed by atoms with Crippen LogP contribution in [0.4, 0.5) is 0 Å². The van der Waals surface area contributed by atoms with Gasteiger partial charge in [0, 0.05) is 50.7 Å². The van der Waals surface area contributed by atoms with Gasteiger partial charge in [-0.3, -0.25) is 14.4 Å². The molecule has 0 aromatic heterocycles. The molecular weight excluding hydrogens is 536 g/mol. The van der Waals surface area contributed by atoms with Crippen molar-refractivity contribution in [1.82, 2.24) is 0 Å². The molecule has 0 amide bonds. The fraction of sp³-hybridized carbons (Fsp3) is 0.853. The average molecular weight is 591 g/mol. The highest BCUT2D eigenvalue weighted by atomic mass is 16.7. The van der Waals surface area contributed by atoms with Crippen molar-refractivity contribution in [3.8, 4) is 0 Å². The number of carbonyl (C=O) groups is 3. The van der Waals surface area contributed by atoms with E-state index in [1.807, 2.05) is 0 Å². The van der Waals surface area contributed by atoms with Gasteiger partial charge in [0.1, 0.15) is 11.6 Å². The van der Waals surface area contributed by atoms with E-state index >= 15 is 0 Å². The number of methoxy groups -OCH3 is 1. The maximum absolute atomic E-state index is 13.3. The third-order valence-corrected chi connectivity index (χ3v) is 9.65. The highest BCUT2D eigenvalue weighted by Crippen LogP contribution is 2.40. The number of esters is 1. The van der Waals surface area contributed by atoms with Crippen molar-refractivity contribution in [3.63, 3.8) is 0 Å². The lowest BCUT2D eigenvalue weighted by atomic mass is 9.87. The Bertz CT molecular complexity index is 875. The van der Waals surface area contributed by atoms with Gasteiger partial charge in [0.25, 0.3) is 0 Å². The molecule has 4 unspecified atom stereocenters. The second kappa shape index (κ2) is 17.6. The first-order valence-electron chi connectivity index (χ1n) is 16.8. The summed E-state index contributed by atoms with van der Waals surface area (Å²) in [5, 5.41) is 0. The summed E-state index contributed by atoms with van der Waals surface area (Å²) in [6.45, 7) is 3.67. The molecule has 2 aliphatic carbocycles. The van der Waals surface area contributed by atoms with Crippen molar-refractivity contribution in [2.45, 2.75) is 141 Å². The van der Waals surface area contributed by atoms with E-state index in [-0.39, 0.29) is 54.7 Å². The predicted molar refractivity (Wildman–Crippen MR) is 159 cm³/mol. The average Bonchev–Trinajstić information content (AvgIpc) is 3.58. The molecular formula is C34H54O8. The van der Waals surface area contributed by atoms with Crippen LogP contribution in [0.25, 0.3) is 0 Å². The fourth-order valence-electron chi connectivity index (χ4n) is 7.29. The topological polar surface area (TPSA) is 97.4 Å². The maximum atomic E-state index is 13.3. The van der Waals surface area contributed by atoms with Gasteiger partial charge < -0.3 is 23.7 Å². The van der Waals surface area contributed by atoms with Gasteiger partial charge in [0.05, 0.1) is 19.3 Å². The molecule has 0 aromatic rings. The van der Waals surface area contributed by atoms with E-state index < -0.39 is 5.92 Å². The third kappa shape index (κ3) is 10.2. The van der Waals surface area contributed by atoms with Crippen LogP contribution >= 0.6 is 0 Å². The van der Waals surface area contributed by atoms with Crippen LogP contribution in [0.15, 0.2) is 12.2 Å². The Kier molecular flexibility index (Phi) is 14.0. The number of ketones is 2. The van der Waals surface area contributed by atoms with Crippen LogP contribution < -0.4 is 0 Å². The molecule has 2 aliphatic heterocycles. The quantitative estimate of drug-likeness (QED) is 0.114. The second-order valence-corrected chi connectivity index (χ2v) is 12.9. The van der Waals surface area contributed by atoms with E-state index in [4.69, 9.17) is 23.7 Å². The molecule has 4 fully saturated rings. The van der Waals surface area contributed by atoms with E-state index in [0.717, 1.165) is 63.9 Å². The number of hydrogen-bond donors (Lipinski definition) is 0. The molecule has 0 bridgehead atoms. The molecule has 0 radical (unpaired) electrons. The SMILES string of the molecule is CCCC1CCC([C@@H](/C=C/[C@H]2[C@H](OC3CCCCO3)CC(=O)[C@@H]2CC(=O)CCCCC(=O)OC)OC2CCCCO2)C1. The third-order valence-electron chi connectivity index (χ3n) is 9.65. The molecule has 42 heavy (non-hydrogen) atoms. The lowest BCUT2D eigenvalue weighted by molar-refractivity contribution is -0.193. The first kappa shape index (κ1) is 33.3. The van der Waals surface area contributed by atoms with Gasteiger partial charge in [0.2, 0.25) is 0 Å². The second-order valence-electron chi connectivity index (χ2n) is 12.9. The molecule has 2 saturated carbocycles. The van der Waals surface area contributed by atoms with Gasteiger partial charge in [0.15, 0.2) is 12.6 Å². The summed E-state index contributed by atoms with van der Waals surface area (Å²) >= 11 is 0. The minimum Gasteiger partial charge on any atom is -0.469 e. The van der Waals surface area contributed by atoms with Crippen LogP contribution in [0.1, 0.15) is 116 Å². The highest BCUT2D eigenvalue weighted by Gasteiger charge is 2.44.